The van der Waals surface area contributed by atoms with E-state index in [0.29, 0.717) is 13.1 Å². The van der Waals surface area contributed by atoms with Crippen LogP contribution in [0.3, 0.4) is 0 Å². The number of aromatic nitrogens is 1. The fourth-order valence-corrected chi connectivity index (χ4v) is 1.27. The summed E-state index contributed by atoms with van der Waals surface area (Å²) in [6.45, 7) is 4.64. The number of aromatic carboxylic acids is 1. The second-order valence-corrected chi connectivity index (χ2v) is 3.22. The monoisotopic (exact) mass is 240 g/mol. The van der Waals surface area contributed by atoms with Crippen molar-refractivity contribution >= 4 is 12.1 Å². The van der Waals surface area contributed by atoms with Crippen LogP contribution in [0.4, 0.5) is 4.79 Å². The van der Waals surface area contributed by atoms with Crippen molar-refractivity contribution < 1.29 is 19.4 Å². The first-order valence-electron chi connectivity index (χ1n) is 5.24. The smallest absolute Gasteiger partial charge is 0.415 e. The van der Waals surface area contributed by atoms with Crippen molar-refractivity contribution in [2.45, 2.75) is 13.8 Å². The van der Waals surface area contributed by atoms with Gasteiger partial charge < -0.3 is 14.7 Å². The molecule has 0 saturated heterocycles. The van der Waals surface area contributed by atoms with E-state index >= 15 is 0 Å². The van der Waals surface area contributed by atoms with E-state index in [1.165, 1.54) is 17.2 Å². The molecule has 1 heterocycles. The van der Waals surface area contributed by atoms with Gasteiger partial charge in [0.2, 0.25) is 0 Å². The summed E-state index contributed by atoms with van der Waals surface area (Å²) in [5.74, 6) is -1.18. The minimum absolute atomic E-state index is 0.00407. The molecule has 0 atom stereocenters. The number of rotatable bonds is 4. The molecule has 1 aromatic rings. The Bertz CT molecular complexity index is 416. The Balaban J connectivity index is 2.88. The van der Waals surface area contributed by atoms with Gasteiger partial charge in [-0.25, -0.2) is 9.59 Å². The van der Waals surface area contributed by atoms with E-state index in [9.17, 15) is 9.59 Å². The number of carboxylic acid groups (broad SMARTS) is 1. The topological polar surface area (TPSA) is 79.7 Å². The molecule has 0 aliphatic heterocycles. The molecule has 1 N–H and O–H groups in total. The number of pyridine rings is 1. The van der Waals surface area contributed by atoms with Gasteiger partial charge >= 0.3 is 12.1 Å². The Morgan fingerprint density at radius 1 is 1.53 bits per heavy atom. The summed E-state index contributed by atoms with van der Waals surface area (Å²) in [6.07, 6.45) is 1.95. The average Bonchev–Trinajstić information content (AvgIpc) is 2.31. The van der Waals surface area contributed by atoms with Crippen LogP contribution >= 0.6 is 0 Å². The van der Waals surface area contributed by atoms with Crippen LogP contribution < -0.4 is 4.74 Å². The number of hydrogen-bond acceptors (Lipinski definition) is 4. The van der Waals surface area contributed by atoms with E-state index in [2.05, 4.69) is 4.98 Å². The van der Waals surface area contributed by atoms with Gasteiger partial charge in [-0.05, 0) is 13.8 Å². The summed E-state index contributed by atoms with van der Waals surface area (Å²) >= 11 is 0. The molecular weight excluding hydrogens is 226 g/mol. The van der Waals surface area contributed by atoms with E-state index in [0.717, 1.165) is 6.20 Å². The summed E-state index contributed by atoms with van der Waals surface area (Å²) < 4.78 is 5.02. The van der Waals surface area contributed by atoms with Crippen LogP contribution in [0.5, 0.6) is 5.75 Å². The summed E-state index contributed by atoms with van der Waals surface area (Å²) in [5, 5.41) is 8.89. The maximum atomic E-state index is 11.6. The van der Waals surface area contributed by atoms with Crippen molar-refractivity contribution in [1.29, 1.82) is 0 Å². The lowest BCUT2D eigenvalue weighted by molar-refractivity contribution is 0.0693. The van der Waals surface area contributed by atoms with E-state index in [-0.39, 0.29) is 11.3 Å². The van der Waals surface area contributed by atoms with E-state index in [1.54, 1.807) is 0 Å². The number of carboxylic acids is 1. The number of carbonyl (C=O) groups excluding carboxylic acids is 1. The van der Waals surface area contributed by atoms with Gasteiger partial charge in [-0.1, -0.05) is 0 Å². The van der Waals surface area contributed by atoms with Crippen LogP contribution in [0.2, 0.25) is 0 Å². The molecular formula is C11H14N2O4. The zero-order valence-electron chi connectivity index (χ0n) is 9.71. The normalized spacial score (nSPS) is 9.76. The van der Waals surface area contributed by atoms with E-state index < -0.39 is 12.1 Å². The van der Waals surface area contributed by atoms with Crippen molar-refractivity contribution in [2.24, 2.45) is 0 Å². The SMILES string of the molecule is CCN(CC)C(=O)Oc1ccncc1[14C](=O)O. The lowest BCUT2D eigenvalue weighted by atomic mass is 10.4. The van der Waals surface area contributed by atoms with Crippen molar-refractivity contribution in [2.75, 3.05) is 13.1 Å². The predicted octanol–water partition coefficient (Wildman–Crippen LogP) is 1.62. The second kappa shape index (κ2) is 5.83. The minimum atomic E-state index is -1.18. The molecule has 0 radical (unpaired) electrons. The third kappa shape index (κ3) is 3.17. The number of amides is 1. The highest BCUT2D eigenvalue weighted by Gasteiger charge is 2.17. The highest BCUT2D eigenvalue weighted by molar-refractivity contribution is 5.91. The standard InChI is InChI=1S/C11H14N2O4/c1-3-13(4-2)11(16)17-9-5-6-12-7-8(9)10(14)15/h5-7H,3-4H2,1-2H3,(H,14,15)/i10+2. The van der Waals surface area contributed by atoms with Gasteiger partial charge in [0.15, 0.2) is 0 Å². The first kappa shape index (κ1) is 13.0. The molecule has 0 bridgehead atoms. The first-order valence-corrected chi connectivity index (χ1v) is 5.24. The van der Waals surface area contributed by atoms with Gasteiger partial charge in [-0.15, -0.1) is 0 Å². The fourth-order valence-electron chi connectivity index (χ4n) is 1.27. The lowest BCUT2D eigenvalue weighted by Gasteiger charge is -2.18. The summed E-state index contributed by atoms with van der Waals surface area (Å²) in [5.41, 5.74) is -0.131. The van der Waals surface area contributed by atoms with Crippen molar-refractivity contribution in [1.82, 2.24) is 9.88 Å². The van der Waals surface area contributed by atoms with Crippen LogP contribution in [0, 0.1) is 0 Å². The highest BCUT2D eigenvalue weighted by atomic mass is 16.6. The number of carbonyl (C=O) groups is 2. The Morgan fingerprint density at radius 3 is 2.71 bits per heavy atom. The lowest BCUT2D eigenvalue weighted by Crippen LogP contribution is -2.33. The summed E-state index contributed by atoms with van der Waals surface area (Å²) in [7, 11) is 0. The third-order valence-electron chi connectivity index (χ3n) is 2.23. The first-order chi connectivity index (χ1) is 8.10. The molecule has 1 amide bonds. The molecule has 0 aliphatic carbocycles. The molecule has 17 heavy (non-hydrogen) atoms. The predicted molar refractivity (Wildman–Crippen MR) is 60.1 cm³/mol. The van der Waals surface area contributed by atoms with Gasteiger partial charge in [0, 0.05) is 31.5 Å². The highest BCUT2D eigenvalue weighted by Crippen LogP contribution is 2.17. The van der Waals surface area contributed by atoms with Crippen molar-refractivity contribution in [3.8, 4) is 5.75 Å². The Morgan fingerprint density at radius 2 is 2.18 bits per heavy atom. The summed E-state index contributed by atoms with van der Waals surface area (Å²) in [6, 6.07) is 1.35. The number of ether oxygens (including phenoxy) is 1. The number of nitrogens with zero attached hydrogens (tertiary/aromatic N) is 2. The molecule has 6 nitrogen and oxygen atoms in total. The maximum absolute atomic E-state index is 11.6. The maximum Gasteiger partial charge on any atom is 0.415 e. The second-order valence-electron chi connectivity index (χ2n) is 3.22. The van der Waals surface area contributed by atoms with Crippen LogP contribution in [0.1, 0.15) is 24.2 Å². The van der Waals surface area contributed by atoms with Crippen molar-refractivity contribution in [3.63, 3.8) is 0 Å². The Kier molecular flexibility index (Phi) is 4.45. The Labute approximate surface area is 98.8 Å². The number of hydrogen-bond donors (Lipinski definition) is 1. The van der Waals surface area contributed by atoms with Crippen LogP contribution in [0.15, 0.2) is 18.5 Å². The van der Waals surface area contributed by atoms with Crippen LogP contribution in [-0.2, 0) is 0 Å². The molecule has 6 heteroatoms. The van der Waals surface area contributed by atoms with Crippen molar-refractivity contribution in [3.05, 3.63) is 24.0 Å². The third-order valence-corrected chi connectivity index (χ3v) is 2.23. The minimum Gasteiger partial charge on any atom is -0.477 e. The molecule has 0 spiro atoms. The average molecular weight is 240 g/mol. The quantitative estimate of drug-likeness (QED) is 0.865. The molecule has 1 aromatic heterocycles. The fraction of sp³-hybridized carbons (Fsp3) is 0.364. The zero-order chi connectivity index (χ0) is 12.8. The van der Waals surface area contributed by atoms with Gasteiger partial charge in [0.1, 0.15) is 11.3 Å². The zero-order valence-corrected chi connectivity index (χ0v) is 9.71. The van der Waals surface area contributed by atoms with Gasteiger partial charge in [-0.2, -0.15) is 0 Å². The Hall–Kier alpha value is -2.11. The van der Waals surface area contributed by atoms with Crippen LogP contribution in [0.25, 0.3) is 0 Å². The van der Waals surface area contributed by atoms with E-state index in [1.807, 2.05) is 13.8 Å². The van der Waals surface area contributed by atoms with Gasteiger partial charge in [-0.3, -0.25) is 4.98 Å². The molecule has 1 rings (SSSR count). The summed E-state index contributed by atoms with van der Waals surface area (Å²) in [4.78, 5) is 27.6. The molecule has 0 aliphatic rings. The van der Waals surface area contributed by atoms with Gasteiger partial charge in [0.05, 0.1) is 0 Å². The molecule has 92 valence electrons. The van der Waals surface area contributed by atoms with Crippen LogP contribution in [-0.4, -0.2) is 40.1 Å². The van der Waals surface area contributed by atoms with E-state index in [4.69, 9.17) is 9.84 Å². The van der Waals surface area contributed by atoms with Gasteiger partial charge in [0.25, 0.3) is 0 Å². The largest absolute Gasteiger partial charge is 0.477 e. The molecule has 0 saturated carbocycles. The molecule has 0 aromatic carbocycles. The molecule has 0 unspecified atom stereocenters. The molecule has 0 fully saturated rings.